The van der Waals surface area contributed by atoms with Gasteiger partial charge in [-0.05, 0) is 49.5 Å². The normalized spacial score (nSPS) is 14.2. The van der Waals surface area contributed by atoms with Crippen LogP contribution < -0.4 is 5.32 Å². The molecule has 2 nitrogen and oxygen atoms in total. The van der Waals surface area contributed by atoms with Crippen molar-refractivity contribution in [1.29, 1.82) is 0 Å². The van der Waals surface area contributed by atoms with Crippen LogP contribution in [-0.4, -0.2) is 24.0 Å². The quantitative estimate of drug-likeness (QED) is 0.640. The van der Waals surface area contributed by atoms with Crippen LogP contribution in [0.5, 0.6) is 0 Å². The molecular weight excluding hydrogens is 256 g/mol. The highest BCUT2D eigenvalue weighted by Gasteiger charge is 2.10. The third-order valence-electron chi connectivity index (χ3n) is 4.47. The van der Waals surface area contributed by atoms with Crippen molar-refractivity contribution in [3.05, 3.63) is 29.8 Å². The van der Waals surface area contributed by atoms with Gasteiger partial charge in [0.1, 0.15) is 0 Å². The molecule has 0 bridgehead atoms. The monoisotopic (exact) mass is 290 g/mol. The molecule has 0 radical (unpaired) electrons. The minimum atomic E-state index is 0.587. The molecule has 1 aromatic rings. The third-order valence-corrected chi connectivity index (χ3v) is 4.47. The van der Waals surface area contributed by atoms with Gasteiger partial charge in [0.25, 0.3) is 0 Å². The van der Waals surface area contributed by atoms with Crippen molar-refractivity contribution < 1.29 is 0 Å². The van der Waals surface area contributed by atoms with Crippen LogP contribution in [0, 0.1) is 5.92 Å². The highest BCUT2D eigenvalue weighted by molar-refractivity contribution is 5.46. The molecule has 0 aliphatic rings. The molecule has 0 saturated carbocycles. The molecule has 1 N–H and O–H groups in total. The van der Waals surface area contributed by atoms with Crippen LogP contribution in [0.3, 0.4) is 0 Å². The summed E-state index contributed by atoms with van der Waals surface area (Å²) in [6.07, 6.45) is 3.71. The van der Waals surface area contributed by atoms with E-state index >= 15 is 0 Å². The number of rotatable bonds is 10. The number of hydrogen-bond acceptors (Lipinski definition) is 2. The van der Waals surface area contributed by atoms with E-state index in [4.69, 9.17) is 0 Å². The molecule has 0 saturated heterocycles. The first kappa shape index (κ1) is 18.0. The van der Waals surface area contributed by atoms with Crippen LogP contribution in [0.15, 0.2) is 24.3 Å². The van der Waals surface area contributed by atoms with E-state index in [-0.39, 0.29) is 0 Å². The second-order valence-corrected chi connectivity index (χ2v) is 6.16. The zero-order valence-electron chi connectivity index (χ0n) is 14.7. The number of nitrogens with one attached hydrogen (secondary N) is 1. The van der Waals surface area contributed by atoms with Gasteiger partial charge in [0.05, 0.1) is 0 Å². The molecule has 2 unspecified atom stereocenters. The zero-order valence-corrected chi connectivity index (χ0v) is 14.7. The Morgan fingerprint density at radius 1 is 1.05 bits per heavy atom. The Kier molecular flexibility index (Phi) is 8.44. The lowest BCUT2D eigenvalue weighted by Gasteiger charge is -2.23. The fourth-order valence-corrected chi connectivity index (χ4v) is 2.68. The summed E-state index contributed by atoms with van der Waals surface area (Å²) in [5.74, 6) is 0.793. The van der Waals surface area contributed by atoms with Crippen LogP contribution in [0.1, 0.15) is 59.4 Å². The van der Waals surface area contributed by atoms with Crippen molar-refractivity contribution in [3.63, 3.8) is 0 Å². The summed E-state index contributed by atoms with van der Waals surface area (Å²) in [7, 11) is 0. The molecule has 0 fully saturated rings. The van der Waals surface area contributed by atoms with Crippen molar-refractivity contribution >= 4 is 5.69 Å². The average Bonchev–Trinajstić information content (AvgIpc) is 2.52. The summed E-state index contributed by atoms with van der Waals surface area (Å²) < 4.78 is 0. The molecule has 0 aliphatic heterocycles. The number of hydrogen-bond donors (Lipinski definition) is 1. The van der Waals surface area contributed by atoms with Gasteiger partial charge in [-0.3, -0.25) is 4.90 Å². The van der Waals surface area contributed by atoms with E-state index < -0.39 is 0 Å². The first-order valence-electron chi connectivity index (χ1n) is 8.70. The molecule has 120 valence electrons. The SMILES string of the molecule is CCC(C)CC(CC)Nc1cccc(CN(CC)CC)c1. The Bertz CT molecular complexity index is 385. The molecule has 0 heterocycles. The van der Waals surface area contributed by atoms with Crippen molar-refractivity contribution in [1.82, 2.24) is 4.90 Å². The van der Waals surface area contributed by atoms with Crippen molar-refractivity contribution in [2.45, 2.75) is 66.5 Å². The summed E-state index contributed by atoms with van der Waals surface area (Å²) in [6.45, 7) is 14.6. The van der Waals surface area contributed by atoms with Gasteiger partial charge in [-0.25, -0.2) is 0 Å². The molecule has 21 heavy (non-hydrogen) atoms. The second kappa shape index (κ2) is 9.83. The first-order chi connectivity index (χ1) is 10.1. The lowest BCUT2D eigenvalue weighted by atomic mass is 9.97. The van der Waals surface area contributed by atoms with Gasteiger partial charge in [-0.2, -0.15) is 0 Å². The molecule has 1 rings (SSSR count). The van der Waals surface area contributed by atoms with Crippen molar-refractivity contribution in [3.8, 4) is 0 Å². The summed E-state index contributed by atoms with van der Waals surface area (Å²) >= 11 is 0. The lowest BCUT2D eigenvalue weighted by Crippen LogP contribution is -2.23. The summed E-state index contributed by atoms with van der Waals surface area (Å²) in [5, 5.41) is 3.73. The summed E-state index contributed by atoms with van der Waals surface area (Å²) in [6, 6.07) is 9.52. The van der Waals surface area contributed by atoms with E-state index in [9.17, 15) is 0 Å². The summed E-state index contributed by atoms with van der Waals surface area (Å²) in [4.78, 5) is 2.45. The Labute approximate surface area is 131 Å². The average molecular weight is 290 g/mol. The van der Waals surface area contributed by atoms with E-state index in [1.807, 2.05) is 0 Å². The molecule has 2 heteroatoms. The molecule has 0 spiro atoms. The number of nitrogens with zero attached hydrogens (tertiary/aromatic N) is 1. The van der Waals surface area contributed by atoms with Crippen LogP contribution in [-0.2, 0) is 6.54 Å². The predicted octanol–water partition coefficient (Wildman–Crippen LogP) is 5.16. The van der Waals surface area contributed by atoms with Gasteiger partial charge >= 0.3 is 0 Å². The maximum absolute atomic E-state index is 3.73. The lowest BCUT2D eigenvalue weighted by molar-refractivity contribution is 0.296. The Morgan fingerprint density at radius 3 is 2.33 bits per heavy atom. The smallest absolute Gasteiger partial charge is 0.0345 e. The fourth-order valence-electron chi connectivity index (χ4n) is 2.68. The minimum Gasteiger partial charge on any atom is -0.382 e. The van der Waals surface area contributed by atoms with Crippen molar-refractivity contribution in [2.75, 3.05) is 18.4 Å². The minimum absolute atomic E-state index is 0.587. The molecule has 2 atom stereocenters. The maximum Gasteiger partial charge on any atom is 0.0345 e. The second-order valence-electron chi connectivity index (χ2n) is 6.16. The number of benzene rings is 1. The molecule has 0 aliphatic carbocycles. The highest BCUT2D eigenvalue weighted by Crippen LogP contribution is 2.19. The van der Waals surface area contributed by atoms with Gasteiger partial charge in [0, 0.05) is 18.3 Å². The fraction of sp³-hybridized carbons (Fsp3) is 0.684. The standard InChI is InChI=1S/C19H34N2/c1-6-16(5)13-18(7-2)20-19-12-10-11-17(14-19)15-21(8-3)9-4/h10-12,14,16,18,20H,6-9,13,15H2,1-5H3. The molecule has 0 aromatic heterocycles. The highest BCUT2D eigenvalue weighted by atomic mass is 15.1. The molecule has 1 aromatic carbocycles. The Balaban J connectivity index is 2.66. The van der Waals surface area contributed by atoms with Gasteiger partial charge in [-0.15, -0.1) is 0 Å². The van der Waals surface area contributed by atoms with Crippen LogP contribution in [0.4, 0.5) is 5.69 Å². The van der Waals surface area contributed by atoms with Crippen LogP contribution in [0.2, 0.25) is 0 Å². The third kappa shape index (κ3) is 6.52. The number of anilines is 1. The van der Waals surface area contributed by atoms with Gasteiger partial charge < -0.3 is 5.32 Å². The van der Waals surface area contributed by atoms with E-state index in [2.05, 4.69) is 69.1 Å². The Morgan fingerprint density at radius 2 is 1.76 bits per heavy atom. The summed E-state index contributed by atoms with van der Waals surface area (Å²) in [5.41, 5.74) is 2.68. The van der Waals surface area contributed by atoms with Gasteiger partial charge in [-0.1, -0.05) is 53.2 Å². The topological polar surface area (TPSA) is 15.3 Å². The van der Waals surface area contributed by atoms with E-state index in [1.54, 1.807) is 0 Å². The molecular formula is C19H34N2. The van der Waals surface area contributed by atoms with E-state index in [0.717, 1.165) is 25.6 Å². The molecule has 0 amide bonds. The predicted molar refractivity (Wildman–Crippen MR) is 94.8 cm³/mol. The first-order valence-corrected chi connectivity index (χ1v) is 8.70. The van der Waals surface area contributed by atoms with Gasteiger partial charge in [0.2, 0.25) is 0 Å². The zero-order chi connectivity index (χ0) is 15.7. The van der Waals surface area contributed by atoms with E-state index in [0.29, 0.717) is 6.04 Å². The van der Waals surface area contributed by atoms with E-state index in [1.165, 1.54) is 30.5 Å². The van der Waals surface area contributed by atoms with Crippen LogP contribution in [0.25, 0.3) is 0 Å². The maximum atomic E-state index is 3.73. The Hall–Kier alpha value is -1.02. The van der Waals surface area contributed by atoms with Crippen molar-refractivity contribution in [2.24, 2.45) is 5.92 Å². The largest absolute Gasteiger partial charge is 0.382 e. The van der Waals surface area contributed by atoms with Crippen LogP contribution >= 0.6 is 0 Å². The van der Waals surface area contributed by atoms with Gasteiger partial charge in [0.15, 0.2) is 0 Å².